The van der Waals surface area contributed by atoms with Crippen molar-refractivity contribution >= 4 is 23.1 Å². The second-order valence-electron chi connectivity index (χ2n) is 8.79. The minimum atomic E-state index is -0.276. The van der Waals surface area contributed by atoms with Crippen molar-refractivity contribution in [2.75, 3.05) is 0 Å². The number of nitrogens with zero attached hydrogens (tertiary/aromatic N) is 2. The predicted molar refractivity (Wildman–Crippen MR) is 133 cm³/mol. The van der Waals surface area contributed by atoms with Gasteiger partial charge in [-0.1, -0.05) is 56.5 Å². The molecule has 1 aromatic heterocycles. The van der Waals surface area contributed by atoms with Crippen molar-refractivity contribution in [3.63, 3.8) is 0 Å². The minimum Gasteiger partial charge on any atom is -0.457 e. The van der Waals surface area contributed by atoms with E-state index in [2.05, 4.69) is 22.6 Å². The Labute approximate surface area is 198 Å². The first-order chi connectivity index (χ1) is 16.2. The molecule has 1 aliphatic carbocycles. The number of urea groups is 1. The van der Waals surface area contributed by atoms with Crippen molar-refractivity contribution in [1.82, 2.24) is 10.3 Å². The van der Waals surface area contributed by atoms with Gasteiger partial charge in [0, 0.05) is 17.0 Å². The zero-order chi connectivity index (χ0) is 22.6. The van der Waals surface area contributed by atoms with Gasteiger partial charge in [-0.25, -0.2) is 14.8 Å². The summed E-state index contributed by atoms with van der Waals surface area (Å²) in [5, 5.41) is 6.38. The number of carbonyl (C=O) groups excluding carboxylic acids is 1. The molecule has 2 aliphatic rings. The molecule has 1 saturated carbocycles. The normalized spacial score (nSPS) is 21.4. The van der Waals surface area contributed by atoms with E-state index in [1.165, 1.54) is 37.8 Å². The maximum Gasteiger partial charge on any atom is 0.341 e. The van der Waals surface area contributed by atoms with E-state index in [1.807, 2.05) is 54.6 Å². The zero-order valence-electron chi connectivity index (χ0n) is 18.9. The third-order valence-electron chi connectivity index (χ3n) is 6.63. The molecule has 6 heteroatoms. The Kier molecular flexibility index (Phi) is 6.53. The second-order valence-corrected chi connectivity index (χ2v) is 9.68. The first kappa shape index (κ1) is 21.8. The smallest absolute Gasteiger partial charge is 0.341 e. The average Bonchev–Trinajstić information content (AvgIpc) is 3.35. The van der Waals surface area contributed by atoms with Crippen LogP contribution in [-0.4, -0.2) is 16.7 Å². The number of aromatic nitrogens is 1. The largest absolute Gasteiger partial charge is 0.457 e. The van der Waals surface area contributed by atoms with Crippen molar-refractivity contribution in [1.29, 1.82) is 0 Å². The molecule has 2 atom stereocenters. The molecule has 0 spiro atoms. The highest BCUT2D eigenvalue weighted by atomic mass is 32.1. The molecule has 2 heterocycles. The quantitative estimate of drug-likeness (QED) is 0.418. The Balaban J connectivity index is 1.42. The monoisotopic (exact) mass is 459 g/mol. The molecule has 0 radical (unpaired) electrons. The summed E-state index contributed by atoms with van der Waals surface area (Å²) in [6, 6.07) is 17.2. The van der Waals surface area contributed by atoms with Gasteiger partial charge in [-0.15, -0.1) is 11.3 Å². The second kappa shape index (κ2) is 9.87. The molecule has 33 heavy (non-hydrogen) atoms. The number of rotatable bonds is 6. The van der Waals surface area contributed by atoms with Crippen LogP contribution in [0.4, 0.5) is 4.79 Å². The van der Waals surface area contributed by atoms with Crippen LogP contribution in [0.2, 0.25) is 0 Å². The molecule has 2 amide bonds. The lowest BCUT2D eigenvalue weighted by atomic mass is 9.86. The summed E-state index contributed by atoms with van der Waals surface area (Å²) in [4.78, 5) is 21.8. The topological polar surface area (TPSA) is 63.6 Å². The van der Waals surface area contributed by atoms with Gasteiger partial charge in [-0.05, 0) is 49.1 Å². The van der Waals surface area contributed by atoms with Gasteiger partial charge in [-0.2, -0.15) is 0 Å². The van der Waals surface area contributed by atoms with Crippen molar-refractivity contribution < 1.29 is 9.53 Å². The molecule has 170 valence electrons. The lowest BCUT2D eigenvalue weighted by molar-refractivity contribution is 0.242. The third-order valence-corrected chi connectivity index (χ3v) is 7.57. The van der Waals surface area contributed by atoms with Crippen LogP contribution in [0.5, 0.6) is 11.5 Å². The van der Waals surface area contributed by atoms with Gasteiger partial charge in [0.2, 0.25) is 0 Å². The van der Waals surface area contributed by atoms with Crippen LogP contribution in [0.3, 0.4) is 0 Å². The highest BCUT2D eigenvalue weighted by Crippen LogP contribution is 2.40. The fourth-order valence-corrected chi connectivity index (χ4v) is 5.96. The SMILES string of the molecule is CCC1=NC(=O)NC(c2ccc(Oc3ccccc3)cc2)C1c1nc(C2CCCCC2)cs1. The van der Waals surface area contributed by atoms with E-state index >= 15 is 0 Å². The van der Waals surface area contributed by atoms with Crippen LogP contribution in [0.25, 0.3) is 0 Å². The Morgan fingerprint density at radius 2 is 1.73 bits per heavy atom. The highest BCUT2D eigenvalue weighted by Gasteiger charge is 2.36. The summed E-state index contributed by atoms with van der Waals surface area (Å²) in [7, 11) is 0. The molecule has 2 unspecified atom stereocenters. The standard InChI is InChI=1S/C27H29N3O2S/c1-2-22-24(26-28-23(17-33-26)18-9-5-3-6-10-18)25(30-27(31)29-22)19-13-15-21(16-14-19)32-20-11-7-4-8-12-20/h4,7-8,11-18,24-25H,2-3,5-6,9-10H2,1H3,(H,30,31). The van der Waals surface area contributed by atoms with Crippen molar-refractivity contribution in [3.8, 4) is 11.5 Å². The van der Waals surface area contributed by atoms with Crippen molar-refractivity contribution in [2.45, 2.75) is 63.3 Å². The van der Waals surface area contributed by atoms with E-state index in [4.69, 9.17) is 9.72 Å². The Bertz CT molecular complexity index is 1120. The van der Waals surface area contributed by atoms with E-state index < -0.39 is 0 Å². The van der Waals surface area contributed by atoms with Gasteiger partial charge in [-0.3, -0.25) is 0 Å². The van der Waals surface area contributed by atoms with E-state index in [9.17, 15) is 4.79 Å². The Morgan fingerprint density at radius 3 is 2.45 bits per heavy atom. The van der Waals surface area contributed by atoms with Crippen LogP contribution >= 0.6 is 11.3 Å². The summed E-state index contributed by atoms with van der Waals surface area (Å²) < 4.78 is 5.94. The summed E-state index contributed by atoms with van der Waals surface area (Å²) in [5.41, 5.74) is 3.15. The number of ether oxygens (including phenoxy) is 1. The maximum absolute atomic E-state index is 12.4. The van der Waals surface area contributed by atoms with E-state index in [0.717, 1.165) is 34.2 Å². The van der Waals surface area contributed by atoms with Crippen LogP contribution in [0.15, 0.2) is 65.0 Å². The fourth-order valence-electron chi connectivity index (χ4n) is 4.90. The molecule has 5 rings (SSSR count). The van der Waals surface area contributed by atoms with Gasteiger partial charge in [0.15, 0.2) is 0 Å². The number of benzene rings is 2. The summed E-state index contributed by atoms with van der Waals surface area (Å²) >= 11 is 1.71. The Morgan fingerprint density at radius 1 is 1.00 bits per heavy atom. The lowest BCUT2D eigenvalue weighted by Gasteiger charge is -2.31. The summed E-state index contributed by atoms with van der Waals surface area (Å²) in [6.45, 7) is 2.06. The van der Waals surface area contributed by atoms with Crippen molar-refractivity contribution in [2.24, 2.45) is 4.99 Å². The van der Waals surface area contributed by atoms with Crippen LogP contribution < -0.4 is 10.1 Å². The number of aliphatic imine (C=N–C) groups is 1. The number of para-hydroxylation sites is 1. The van der Waals surface area contributed by atoms with Gasteiger partial charge < -0.3 is 10.1 Å². The number of hydrogen-bond acceptors (Lipinski definition) is 4. The molecular weight excluding hydrogens is 430 g/mol. The lowest BCUT2D eigenvalue weighted by Crippen LogP contribution is -2.39. The van der Waals surface area contributed by atoms with Gasteiger partial charge >= 0.3 is 6.03 Å². The van der Waals surface area contributed by atoms with Crippen LogP contribution in [0.1, 0.15) is 79.6 Å². The molecule has 0 bridgehead atoms. The van der Waals surface area contributed by atoms with Gasteiger partial charge in [0.25, 0.3) is 0 Å². The number of thiazole rings is 1. The number of nitrogens with one attached hydrogen (secondary N) is 1. The van der Waals surface area contributed by atoms with Gasteiger partial charge in [0.1, 0.15) is 16.5 Å². The third kappa shape index (κ3) is 4.86. The van der Waals surface area contributed by atoms with Crippen LogP contribution in [-0.2, 0) is 0 Å². The summed E-state index contributed by atoms with van der Waals surface area (Å²) in [5.74, 6) is 2.09. The molecule has 2 aromatic carbocycles. The molecule has 5 nitrogen and oxygen atoms in total. The number of carbonyl (C=O) groups is 1. The first-order valence-electron chi connectivity index (χ1n) is 11.9. The first-order valence-corrected chi connectivity index (χ1v) is 12.8. The zero-order valence-corrected chi connectivity index (χ0v) is 19.7. The molecule has 1 N–H and O–H groups in total. The Hall–Kier alpha value is -2.99. The minimum absolute atomic E-state index is 0.0454. The van der Waals surface area contributed by atoms with E-state index in [1.54, 1.807) is 11.3 Å². The molecular formula is C27H29N3O2S. The van der Waals surface area contributed by atoms with E-state index in [-0.39, 0.29) is 18.0 Å². The van der Waals surface area contributed by atoms with E-state index in [0.29, 0.717) is 5.92 Å². The van der Waals surface area contributed by atoms with Crippen LogP contribution in [0, 0.1) is 0 Å². The molecule has 0 saturated heterocycles. The molecule has 1 fully saturated rings. The van der Waals surface area contributed by atoms with Crippen molar-refractivity contribution in [3.05, 3.63) is 76.2 Å². The maximum atomic E-state index is 12.4. The average molecular weight is 460 g/mol. The highest BCUT2D eigenvalue weighted by molar-refractivity contribution is 7.09. The summed E-state index contributed by atoms with van der Waals surface area (Å²) in [6.07, 6.45) is 7.09. The predicted octanol–water partition coefficient (Wildman–Crippen LogP) is 7.38. The molecule has 1 aliphatic heterocycles. The fraction of sp³-hybridized carbons (Fsp3) is 0.370. The molecule has 3 aromatic rings. The number of amides is 2. The number of hydrogen-bond donors (Lipinski definition) is 1. The van der Waals surface area contributed by atoms with Gasteiger partial charge in [0.05, 0.1) is 17.7 Å².